The lowest BCUT2D eigenvalue weighted by molar-refractivity contribution is 1.05. The lowest BCUT2D eigenvalue weighted by Gasteiger charge is -1.97. The van der Waals surface area contributed by atoms with Gasteiger partial charge in [0.05, 0.1) is 4.47 Å². The molecule has 0 aliphatic heterocycles. The summed E-state index contributed by atoms with van der Waals surface area (Å²) in [6.45, 7) is 1.99. The number of rotatable bonds is 1. The lowest BCUT2D eigenvalue weighted by atomic mass is 10.1. The van der Waals surface area contributed by atoms with Gasteiger partial charge in [0, 0.05) is 15.7 Å². The molecule has 1 aromatic carbocycles. The molecule has 0 aliphatic carbocycles. The number of aryl methyl sites for hydroxylation is 1. The van der Waals surface area contributed by atoms with Gasteiger partial charge in [0.2, 0.25) is 0 Å². The van der Waals surface area contributed by atoms with E-state index in [2.05, 4.69) is 42.1 Å². The maximum absolute atomic E-state index is 4.23. The molecule has 0 amide bonds. The Morgan fingerprint density at radius 2 is 1.79 bits per heavy atom. The van der Waals surface area contributed by atoms with Gasteiger partial charge in [-0.25, -0.2) is 0 Å². The fraction of sp³-hybridized carbons (Fsp3) is 0.100. The molecule has 0 fully saturated rings. The molecule has 0 bridgehead atoms. The molecule has 72 valence electrons. The quantitative estimate of drug-likeness (QED) is 0.849. The molecule has 0 spiro atoms. The Morgan fingerprint density at radius 3 is 2.29 bits per heavy atom. The molecule has 1 N–H and O–H groups in total. The van der Waals surface area contributed by atoms with E-state index < -0.39 is 0 Å². The molecule has 0 atom stereocenters. The Hall–Kier alpha value is -0.610. The minimum atomic E-state index is 0.954. The van der Waals surface area contributed by atoms with Gasteiger partial charge in [-0.05, 0) is 35.0 Å². The SMILES string of the molecule is Cc1[nH]nc(-c2ccc(Br)cc2)c1Br. The predicted molar refractivity (Wildman–Crippen MR) is 64.2 cm³/mol. The fourth-order valence-electron chi connectivity index (χ4n) is 1.21. The molecule has 0 radical (unpaired) electrons. The molecule has 0 saturated carbocycles. The van der Waals surface area contributed by atoms with Crippen LogP contribution in [0.5, 0.6) is 0 Å². The Balaban J connectivity index is 2.49. The third kappa shape index (κ3) is 1.77. The van der Waals surface area contributed by atoms with Crippen LogP contribution >= 0.6 is 31.9 Å². The van der Waals surface area contributed by atoms with E-state index in [9.17, 15) is 0 Å². The van der Waals surface area contributed by atoms with Crippen molar-refractivity contribution in [2.75, 3.05) is 0 Å². The molecule has 1 heterocycles. The lowest BCUT2D eigenvalue weighted by Crippen LogP contribution is -1.78. The number of halogens is 2. The molecule has 0 aliphatic rings. The standard InChI is InChI=1S/C10H8Br2N2/c1-6-9(12)10(14-13-6)7-2-4-8(11)5-3-7/h2-5H,1H3,(H,13,14). The monoisotopic (exact) mass is 314 g/mol. The van der Waals surface area contributed by atoms with Crippen LogP contribution in [0.3, 0.4) is 0 Å². The molecule has 14 heavy (non-hydrogen) atoms. The Morgan fingerprint density at radius 1 is 1.14 bits per heavy atom. The van der Waals surface area contributed by atoms with E-state index in [4.69, 9.17) is 0 Å². The number of benzene rings is 1. The molecular formula is C10H8Br2N2. The third-order valence-corrected chi connectivity index (χ3v) is 3.49. The van der Waals surface area contributed by atoms with Crippen molar-refractivity contribution in [2.24, 2.45) is 0 Å². The van der Waals surface area contributed by atoms with Crippen molar-refractivity contribution in [3.05, 3.63) is 38.9 Å². The Bertz CT molecular complexity index is 446. The number of hydrogen-bond acceptors (Lipinski definition) is 1. The molecule has 2 aromatic rings. The van der Waals surface area contributed by atoms with Crippen LogP contribution in [0.25, 0.3) is 11.3 Å². The molecular weight excluding hydrogens is 308 g/mol. The zero-order valence-corrected chi connectivity index (χ0v) is 10.7. The zero-order chi connectivity index (χ0) is 10.1. The van der Waals surface area contributed by atoms with Crippen LogP contribution in [0.15, 0.2) is 33.2 Å². The second kappa shape index (κ2) is 3.87. The number of aromatic amines is 1. The Kier molecular flexibility index (Phi) is 2.74. The van der Waals surface area contributed by atoms with Crippen molar-refractivity contribution in [1.82, 2.24) is 10.2 Å². The van der Waals surface area contributed by atoms with Crippen LogP contribution in [0.2, 0.25) is 0 Å². The summed E-state index contributed by atoms with van der Waals surface area (Å²) < 4.78 is 2.10. The van der Waals surface area contributed by atoms with Crippen LogP contribution in [-0.2, 0) is 0 Å². The highest BCUT2D eigenvalue weighted by Gasteiger charge is 2.08. The van der Waals surface area contributed by atoms with Gasteiger partial charge in [0.15, 0.2) is 0 Å². The van der Waals surface area contributed by atoms with Crippen molar-refractivity contribution in [1.29, 1.82) is 0 Å². The number of nitrogens with zero attached hydrogens (tertiary/aromatic N) is 1. The summed E-state index contributed by atoms with van der Waals surface area (Å²) in [7, 11) is 0. The first-order valence-corrected chi connectivity index (χ1v) is 5.73. The normalized spacial score (nSPS) is 10.5. The molecule has 1 aromatic heterocycles. The zero-order valence-electron chi connectivity index (χ0n) is 7.51. The number of aromatic nitrogens is 2. The van der Waals surface area contributed by atoms with Crippen LogP contribution < -0.4 is 0 Å². The maximum Gasteiger partial charge on any atom is 0.107 e. The Labute approximate surface area is 99.0 Å². The van der Waals surface area contributed by atoms with Crippen LogP contribution in [0.1, 0.15) is 5.69 Å². The minimum absolute atomic E-state index is 0.954. The van der Waals surface area contributed by atoms with Gasteiger partial charge in [-0.1, -0.05) is 28.1 Å². The van der Waals surface area contributed by atoms with Crippen molar-refractivity contribution in [3.8, 4) is 11.3 Å². The highest BCUT2D eigenvalue weighted by molar-refractivity contribution is 9.10. The third-order valence-electron chi connectivity index (χ3n) is 1.99. The van der Waals surface area contributed by atoms with Gasteiger partial charge in [0.1, 0.15) is 5.69 Å². The first-order valence-electron chi connectivity index (χ1n) is 4.15. The number of nitrogens with one attached hydrogen (secondary N) is 1. The van der Waals surface area contributed by atoms with Gasteiger partial charge < -0.3 is 0 Å². The van der Waals surface area contributed by atoms with Crippen LogP contribution in [0.4, 0.5) is 0 Å². The average molecular weight is 316 g/mol. The summed E-state index contributed by atoms with van der Waals surface area (Å²) in [5.41, 5.74) is 3.10. The van der Waals surface area contributed by atoms with Crippen molar-refractivity contribution in [2.45, 2.75) is 6.92 Å². The predicted octanol–water partition coefficient (Wildman–Crippen LogP) is 3.91. The smallest absolute Gasteiger partial charge is 0.107 e. The highest BCUT2D eigenvalue weighted by Crippen LogP contribution is 2.28. The van der Waals surface area contributed by atoms with E-state index in [0.29, 0.717) is 0 Å². The van der Waals surface area contributed by atoms with E-state index in [-0.39, 0.29) is 0 Å². The first-order chi connectivity index (χ1) is 6.68. The summed E-state index contributed by atoms with van der Waals surface area (Å²) >= 11 is 6.90. The van der Waals surface area contributed by atoms with Gasteiger partial charge >= 0.3 is 0 Å². The molecule has 0 unspecified atom stereocenters. The highest BCUT2D eigenvalue weighted by atomic mass is 79.9. The molecule has 2 rings (SSSR count). The van der Waals surface area contributed by atoms with Gasteiger partial charge in [-0.2, -0.15) is 5.10 Å². The molecule has 0 saturated heterocycles. The largest absolute Gasteiger partial charge is 0.281 e. The van der Waals surface area contributed by atoms with Gasteiger partial charge in [-0.15, -0.1) is 0 Å². The van der Waals surface area contributed by atoms with Crippen molar-refractivity contribution < 1.29 is 0 Å². The summed E-state index contributed by atoms with van der Waals surface area (Å²) in [6, 6.07) is 8.08. The van der Waals surface area contributed by atoms with E-state index in [1.807, 2.05) is 31.2 Å². The van der Waals surface area contributed by atoms with E-state index in [1.165, 1.54) is 0 Å². The van der Waals surface area contributed by atoms with Gasteiger partial charge in [-0.3, -0.25) is 5.10 Å². The second-order valence-corrected chi connectivity index (χ2v) is 4.73. The van der Waals surface area contributed by atoms with Crippen LogP contribution in [0, 0.1) is 6.92 Å². The van der Waals surface area contributed by atoms with E-state index in [0.717, 1.165) is 25.9 Å². The minimum Gasteiger partial charge on any atom is -0.281 e. The maximum atomic E-state index is 4.23. The molecule has 2 nitrogen and oxygen atoms in total. The van der Waals surface area contributed by atoms with E-state index >= 15 is 0 Å². The van der Waals surface area contributed by atoms with Crippen molar-refractivity contribution in [3.63, 3.8) is 0 Å². The summed E-state index contributed by atoms with van der Waals surface area (Å²) in [6.07, 6.45) is 0. The second-order valence-electron chi connectivity index (χ2n) is 3.02. The van der Waals surface area contributed by atoms with E-state index in [1.54, 1.807) is 0 Å². The summed E-state index contributed by atoms with van der Waals surface area (Å²) in [5, 5.41) is 7.17. The number of hydrogen-bond donors (Lipinski definition) is 1. The average Bonchev–Trinajstić information content (AvgIpc) is 2.50. The van der Waals surface area contributed by atoms with Crippen molar-refractivity contribution >= 4 is 31.9 Å². The summed E-state index contributed by atoms with van der Waals surface area (Å²) in [4.78, 5) is 0. The number of H-pyrrole nitrogens is 1. The topological polar surface area (TPSA) is 28.7 Å². The fourth-order valence-corrected chi connectivity index (χ4v) is 1.89. The summed E-state index contributed by atoms with van der Waals surface area (Å²) in [5.74, 6) is 0. The molecule has 4 heteroatoms. The van der Waals surface area contributed by atoms with Crippen LogP contribution in [-0.4, -0.2) is 10.2 Å². The van der Waals surface area contributed by atoms with Gasteiger partial charge in [0.25, 0.3) is 0 Å². The first kappa shape index (κ1) is 9.93.